The third-order valence-corrected chi connectivity index (χ3v) is 4.92. The fourth-order valence-electron chi connectivity index (χ4n) is 2.90. The van der Waals surface area contributed by atoms with Crippen LogP contribution in [0, 0.1) is 0 Å². The Kier molecular flexibility index (Phi) is 7.84. The Hall–Kier alpha value is -1.47. The third kappa shape index (κ3) is 5.51. The van der Waals surface area contributed by atoms with E-state index in [4.69, 9.17) is 4.74 Å². The van der Waals surface area contributed by atoms with Crippen LogP contribution in [0.3, 0.4) is 0 Å². The van der Waals surface area contributed by atoms with Crippen LogP contribution in [0.15, 0.2) is 23.6 Å². The highest BCUT2D eigenvalue weighted by Gasteiger charge is 2.12. The number of anilines is 1. The maximum absolute atomic E-state index is 11.9. The number of carbonyl (C=O) groups excluding carboxylic acids is 1. The molecule has 7 heteroatoms. The lowest BCUT2D eigenvalue weighted by Gasteiger charge is -2.16. The second-order valence-corrected chi connectivity index (χ2v) is 6.80. The number of halogens is 1. The first-order chi connectivity index (χ1) is 11.8. The number of methoxy groups -OCH3 is 1. The molecule has 1 heterocycles. The molecule has 1 aromatic carbocycles. The van der Waals surface area contributed by atoms with Gasteiger partial charge in [0.15, 0.2) is 5.13 Å². The Morgan fingerprint density at radius 2 is 2.08 bits per heavy atom. The number of carbonyl (C=O) groups is 1. The van der Waals surface area contributed by atoms with Gasteiger partial charge in [-0.05, 0) is 42.9 Å². The molecule has 0 fully saturated rings. The quantitative estimate of drug-likeness (QED) is 0.722. The fourth-order valence-corrected chi connectivity index (χ4v) is 3.63. The number of fused-ring (bicyclic) bond motifs is 1. The van der Waals surface area contributed by atoms with Gasteiger partial charge in [-0.25, -0.2) is 4.98 Å². The number of aryl methyl sites for hydroxylation is 2. The highest BCUT2D eigenvalue weighted by atomic mass is 35.5. The smallest absolute Gasteiger partial charge is 0.240 e. The van der Waals surface area contributed by atoms with E-state index in [0.717, 1.165) is 17.7 Å². The topological polar surface area (TPSA) is 63.2 Å². The first-order valence-electron chi connectivity index (χ1n) is 8.33. The number of nitrogens with one attached hydrogen (secondary N) is 2. The molecule has 2 N–H and O–H groups in total. The van der Waals surface area contributed by atoms with Crippen LogP contribution in [0.2, 0.25) is 0 Å². The lowest BCUT2D eigenvalue weighted by Crippen LogP contribution is -2.30. The number of thiazole rings is 1. The normalized spacial score (nSPS) is 13.0. The third-order valence-electron chi connectivity index (χ3n) is 4.16. The van der Waals surface area contributed by atoms with Crippen LogP contribution in [0.4, 0.5) is 5.13 Å². The molecule has 1 aromatic heterocycles. The summed E-state index contributed by atoms with van der Waals surface area (Å²) in [7, 11) is 1.64. The summed E-state index contributed by atoms with van der Waals surface area (Å²) in [6.45, 7) is 1.51. The molecule has 0 saturated carbocycles. The molecule has 0 saturated heterocycles. The van der Waals surface area contributed by atoms with Crippen LogP contribution >= 0.6 is 23.7 Å². The number of ether oxygens (including phenoxy) is 1. The maximum atomic E-state index is 11.9. The van der Waals surface area contributed by atoms with Gasteiger partial charge < -0.3 is 15.4 Å². The summed E-state index contributed by atoms with van der Waals surface area (Å²) >= 11 is 1.46. The monoisotopic (exact) mass is 381 g/mol. The molecule has 1 aliphatic rings. The van der Waals surface area contributed by atoms with E-state index in [1.165, 1.54) is 41.7 Å². The number of nitrogens with zero attached hydrogens (tertiary/aromatic N) is 1. The zero-order chi connectivity index (χ0) is 16.8. The minimum Gasteiger partial charge on any atom is -0.383 e. The standard InChI is InChI=1S/C18H23N3O2S.ClH/c1-23-9-8-19-11-17(22)21-18-20-16(12-24-18)15-7-6-13-4-2-3-5-14(13)10-15;/h6-7,10,12,19H,2-5,8-9,11H2,1H3,(H,20,21,22);1H. The number of hydrogen-bond acceptors (Lipinski definition) is 5. The van der Waals surface area contributed by atoms with Crippen molar-refractivity contribution in [1.82, 2.24) is 10.3 Å². The van der Waals surface area contributed by atoms with E-state index >= 15 is 0 Å². The summed E-state index contributed by atoms with van der Waals surface area (Å²) in [6, 6.07) is 6.61. The van der Waals surface area contributed by atoms with Gasteiger partial charge in [-0.15, -0.1) is 23.7 Å². The fraction of sp³-hybridized carbons (Fsp3) is 0.444. The second kappa shape index (κ2) is 9.87. The Bertz CT molecular complexity index is 705. The minimum absolute atomic E-state index is 0. The molecule has 0 radical (unpaired) electrons. The van der Waals surface area contributed by atoms with Gasteiger partial charge in [0, 0.05) is 24.6 Å². The van der Waals surface area contributed by atoms with E-state index in [-0.39, 0.29) is 24.9 Å². The molecule has 0 aliphatic heterocycles. The highest BCUT2D eigenvalue weighted by molar-refractivity contribution is 7.14. The van der Waals surface area contributed by atoms with E-state index in [9.17, 15) is 4.79 Å². The summed E-state index contributed by atoms with van der Waals surface area (Å²) in [5.41, 5.74) is 4.97. The molecule has 2 aromatic rings. The number of hydrogen-bond donors (Lipinski definition) is 2. The van der Waals surface area contributed by atoms with Crippen molar-refractivity contribution in [2.45, 2.75) is 25.7 Å². The average molecular weight is 382 g/mol. The maximum Gasteiger partial charge on any atom is 0.240 e. The van der Waals surface area contributed by atoms with Crippen LogP contribution in [-0.4, -0.2) is 37.7 Å². The summed E-state index contributed by atoms with van der Waals surface area (Å²) in [5, 5.41) is 8.49. The summed E-state index contributed by atoms with van der Waals surface area (Å²) in [6.07, 6.45) is 4.90. The number of rotatable bonds is 7. The van der Waals surface area contributed by atoms with E-state index in [1.807, 2.05) is 5.38 Å². The van der Waals surface area contributed by atoms with Gasteiger partial charge in [-0.1, -0.05) is 12.1 Å². The largest absolute Gasteiger partial charge is 0.383 e. The van der Waals surface area contributed by atoms with E-state index in [2.05, 4.69) is 33.8 Å². The van der Waals surface area contributed by atoms with Crippen LogP contribution in [0.25, 0.3) is 11.3 Å². The molecule has 0 atom stereocenters. The van der Waals surface area contributed by atoms with Gasteiger partial charge in [0.05, 0.1) is 18.8 Å². The van der Waals surface area contributed by atoms with Gasteiger partial charge in [0.2, 0.25) is 5.91 Å². The molecule has 5 nitrogen and oxygen atoms in total. The van der Waals surface area contributed by atoms with Crippen molar-refractivity contribution < 1.29 is 9.53 Å². The Balaban J connectivity index is 0.00000225. The molecule has 1 aliphatic carbocycles. The lowest BCUT2D eigenvalue weighted by molar-refractivity contribution is -0.115. The van der Waals surface area contributed by atoms with Crippen molar-refractivity contribution in [2.75, 3.05) is 32.1 Å². The van der Waals surface area contributed by atoms with Gasteiger partial charge >= 0.3 is 0 Å². The van der Waals surface area contributed by atoms with Gasteiger partial charge in [0.25, 0.3) is 0 Å². The van der Waals surface area contributed by atoms with E-state index in [1.54, 1.807) is 7.11 Å². The summed E-state index contributed by atoms with van der Waals surface area (Å²) in [4.78, 5) is 16.4. The van der Waals surface area contributed by atoms with Crippen LogP contribution in [0.5, 0.6) is 0 Å². The van der Waals surface area contributed by atoms with Crippen molar-refractivity contribution in [3.8, 4) is 11.3 Å². The molecular formula is C18H24ClN3O2S. The Morgan fingerprint density at radius 3 is 2.88 bits per heavy atom. The molecular weight excluding hydrogens is 358 g/mol. The molecule has 136 valence electrons. The zero-order valence-corrected chi connectivity index (χ0v) is 16.0. The highest BCUT2D eigenvalue weighted by Crippen LogP contribution is 2.29. The van der Waals surface area contributed by atoms with Gasteiger partial charge in [-0.3, -0.25) is 4.79 Å². The summed E-state index contributed by atoms with van der Waals surface area (Å²) < 4.78 is 4.93. The number of amides is 1. The molecule has 0 unspecified atom stereocenters. The second-order valence-electron chi connectivity index (χ2n) is 5.95. The lowest BCUT2D eigenvalue weighted by atomic mass is 9.90. The zero-order valence-electron chi connectivity index (χ0n) is 14.3. The number of benzene rings is 1. The van der Waals surface area contributed by atoms with Crippen LogP contribution in [0.1, 0.15) is 24.0 Å². The van der Waals surface area contributed by atoms with Gasteiger partial charge in [0.1, 0.15) is 0 Å². The van der Waals surface area contributed by atoms with Gasteiger partial charge in [-0.2, -0.15) is 0 Å². The SMILES string of the molecule is COCCNCC(=O)Nc1nc(-c2ccc3c(c2)CCCC3)cs1.Cl. The van der Waals surface area contributed by atoms with Crippen molar-refractivity contribution in [3.63, 3.8) is 0 Å². The predicted molar refractivity (Wildman–Crippen MR) is 105 cm³/mol. The van der Waals surface area contributed by atoms with E-state index < -0.39 is 0 Å². The molecule has 0 spiro atoms. The van der Waals surface area contributed by atoms with Crippen molar-refractivity contribution in [3.05, 3.63) is 34.7 Å². The number of aromatic nitrogens is 1. The first-order valence-corrected chi connectivity index (χ1v) is 9.21. The molecule has 3 rings (SSSR count). The average Bonchev–Trinajstić information content (AvgIpc) is 3.07. The predicted octanol–water partition coefficient (Wildman–Crippen LogP) is 3.29. The van der Waals surface area contributed by atoms with Crippen molar-refractivity contribution >= 4 is 34.8 Å². The van der Waals surface area contributed by atoms with Crippen molar-refractivity contribution in [1.29, 1.82) is 0 Å². The Morgan fingerprint density at radius 1 is 1.28 bits per heavy atom. The van der Waals surface area contributed by atoms with Crippen LogP contribution in [-0.2, 0) is 22.4 Å². The molecule has 1 amide bonds. The summed E-state index contributed by atoms with van der Waals surface area (Å²) in [5.74, 6) is -0.0857. The molecule has 0 bridgehead atoms. The van der Waals surface area contributed by atoms with Crippen molar-refractivity contribution in [2.24, 2.45) is 0 Å². The first kappa shape index (κ1) is 19.8. The van der Waals surface area contributed by atoms with E-state index in [0.29, 0.717) is 18.3 Å². The molecule has 25 heavy (non-hydrogen) atoms. The Labute approximate surface area is 158 Å². The van der Waals surface area contributed by atoms with Crippen LogP contribution < -0.4 is 10.6 Å². The minimum atomic E-state index is -0.0857.